The first-order valence-electron chi connectivity index (χ1n) is 12.2. The quantitative estimate of drug-likeness (QED) is 0.242. The normalized spacial score (nSPS) is 29.6. The molecule has 2 heterocycles. The molecular formula is C25H38N4O5S2. The number of ether oxygens (including phenoxy) is 1. The van der Waals surface area contributed by atoms with Gasteiger partial charge >= 0.3 is 0 Å². The average molecular weight is 539 g/mol. The molecule has 1 unspecified atom stereocenters. The first-order valence-corrected chi connectivity index (χ1v) is 14.7. The molecule has 0 aromatic heterocycles. The Labute approximate surface area is 221 Å². The van der Waals surface area contributed by atoms with Crippen molar-refractivity contribution < 1.29 is 23.9 Å². The van der Waals surface area contributed by atoms with Crippen LogP contribution in [0.25, 0.3) is 0 Å². The summed E-state index contributed by atoms with van der Waals surface area (Å²) in [7, 11) is 3.04. The lowest BCUT2D eigenvalue weighted by Crippen LogP contribution is -2.57. The third-order valence-corrected chi connectivity index (χ3v) is 8.16. The van der Waals surface area contributed by atoms with Gasteiger partial charge in [0.15, 0.2) is 0 Å². The van der Waals surface area contributed by atoms with Crippen molar-refractivity contribution in [3.8, 4) is 0 Å². The second-order valence-corrected chi connectivity index (χ2v) is 12.0. The third kappa shape index (κ3) is 8.92. The molecule has 1 saturated heterocycles. The lowest BCUT2D eigenvalue weighted by Gasteiger charge is -2.29. The van der Waals surface area contributed by atoms with E-state index >= 15 is 0 Å². The molecule has 0 aliphatic carbocycles. The fraction of sp³-hybridized carbons (Fsp3) is 0.600. The van der Waals surface area contributed by atoms with Gasteiger partial charge in [-0.25, -0.2) is 0 Å². The average Bonchev–Trinajstić information content (AvgIpc) is 2.81. The number of amides is 4. The number of fused-ring (bicyclic) bond motifs is 7. The van der Waals surface area contributed by atoms with Gasteiger partial charge in [0, 0.05) is 11.5 Å². The maximum absolute atomic E-state index is 13.2. The van der Waals surface area contributed by atoms with Crippen molar-refractivity contribution in [3.63, 3.8) is 0 Å². The Kier molecular flexibility index (Phi) is 11.9. The molecule has 11 heteroatoms. The predicted octanol–water partition coefficient (Wildman–Crippen LogP) is 2.42. The van der Waals surface area contributed by atoms with Gasteiger partial charge in [0.25, 0.3) is 5.91 Å². The van der Waals surface area contributed by atoms with Gasteiger partial charge in [-0.2, -0.15) is 0 Å². The molecule has 2 rings (SSSR count). The second-order valence-electron chi connectivity index (χ2n) is 9.39. The molecule has 1 fully saturated rings. The number of carbonyl (C=O) groups is 4. The lowest BCUT2D eigenvalue weighted by molar-refractivity contribution is -0.133. The van der Waals surface area contributed by atoms with Crippen molar-refractivity contribution in [1.82, 2.24) is 21.3 Å². The Balaban J connectivity index is 2.55. The van der Waals surface area contributed by atoms with Crippen molar-refractivity contribution in [2.24, 2.45) is 11.8 Å². The molecule has 2 aliphatic heterocycles. The summed E-state index contributed by atoms with van der Waals surface area (Å²) in [4.78, 5) is 52.4. The van der Waals surface area contributed by atoms with Gasteiger partial charge in [0.1, 0.15) is 29.6 Å². The molecule has 0 saturated carbocycles. The van der Waals surface area contributed by atoms with Gasteiger partial charge in [-0.05, 0) is 31.3 Å². The van der Waals surface area contributed by atoms with E-state index in [2.05, 4.69) is 27.8 Å². The molecule has 0 spiro atoms. The number of hydrogen-bond donors (Lipinski definition) is 4. The van der Waals surface area contributed by atoms with E-state index in [-0.39, 0.29) is 29.9 Å². The Morgan fingerprint density at radius 2 is 1.69 bits per heavy atom. The summed E-state index contributed by atoms with van der Waals surface area (Å²) >= 11 is 0. The molecule has 36 heavy (non-hydrogen) atoms. The van der Waals surface area contributed by atoms with Crippen LogP contribution in [0, 0.1) is 11.8 Å². The fourth-order valence-corrected chi connectivity index (χ4v) is 5.82. The lowest BCUT2D eigenvalue weighted by atomic mass is 10.0. The van der Waals surface area contributed by atoms with Gasteiger partial charge in [-0.1, -0.05) is 68.0 Å². The molecule has 0 aromatic carbocycles. The Morgan fingerprint density at radius 3 is 2.33 bits per heavy atom. The van der Waals surface area contributed by atoms with Crippen molar-refractivity contribution in [1.29, 1.82) is 0 Å². The van der Waals surface area contributed by atoms with E-state index in [9.17, 15) is 19.2 Å². The SMILES string of the molecule is C=C1OC2/C=C/CCSSC[C@@H](NC(=O)[C@@H](C(C)C)NC(=O)C2)C(=O)N/C(=C/C)C(=O)N[C@H]1C(C)C. The summed E-state index contributed by atoms with van der Waals surface area (Å²) in [6, 6.07) is -2.31. The molecule has 9 nitrogen and oxygen atoms in total. The zero-order chi connectivity index (χ0) is 26.8. The van der Waals surface area contributed by atoms with E-state index in [4.69, 9.17) is 4.74 Å². The van der Waals surface area contributed by atoms with Crippen LogP contribution in [0.5, 0.6) is 0 Å². The van der Waals surface area contributed by atoms with Crippen LogP contribution in [0.4, 0.5) is 0 Å². The first-order chi connectivity index (χ1) is 17.0. The van der Waals surface area contributed by atoms with Crippen LogP contribution in [0.3, 0.4) is 0 Å². The van der Waals surface area contributed by atoms with Crippen LogP contribution in [-0.2, 0) is 23.9 Å². The van der Waals surface area contributed by atoms with Crippen molar-refractivity contribution in [2.45, 2.75) is 71.7 Å². The molecule has 0 aromatic rings. The van der Waals surface area contributed by atoms with E-state index in [0.29, 0.717) is 11.5 Å². The summed E-state index contributed by atoms with van der Waals surface area (Å²) in [6.07, 6.45) is 5.35. The van der Waals surface area contributed by atoms with Crippen molar-refractivity contribution in [3.05, 3.63) is 36.3 Å². The summed E-state index contributed by atoms with van der Waals surface area (Å²) < 4.78 is 6.10. The van der Waals surface area contributed by atoms with E-state index in [1.165, 1.54) is 16.9 Å². The van der Waals surface area contributed by atoms with E-state index < -0.39 is 42.0 Å². The fourth-order valence-electron chi connectivity index (χ4n) is 3.67. The van der Waals surface area contributed by atoms with Gasteiger partial charge in [-0.15, -0.1) is 0 Å². The summed E-state index contributed by atoms with van der Waals surface area (Å²) in [6.45, 7) is 13.2. The summed E-state index contributed by atoms with van der Waals surface area (Å²) in [5.74, 6) is -0.758. The highest BCUT2D eigenvalue weighted by Crippen LogP contribution is 2.24. The number of nitrogens with one attached hydrogen (secondary N) is 4. The molecule has 4 atom stereocenters. The Morgan fingerprint density at radius 1 is 1.00 bits per heavy atom. The van der Waals surface area contributed by atoms with Crippen LogP contribution in [0.15, 0.2) is 36.3 Å². The number of hydrogen-bond acceptors (Lipinski definition) is 7. The highest BCUT2D eigenvalue weighted by atomic mass is 33.1. The standard InChI is InChI=1S/C25H38N4O5S2/c1-7-18-23(31)29-21(14(2)3)16(6)34-17-10-8-9-11-35-36-13-19(24(32)26-18)27-25(33)22(15(4)5)28-20(30)12-17/h7-8,10,14-15,17,19,21-22H,6,9,11-13H2,1-5H3,(H,26,32)(H,27,33)(H,28,30)(H,29,31)/b10-8+,18-7+/t17?,19-,21+,22-/m1/s1. The smallest absolute Gasteiger partial charge is 0.268 e. The minimum atomic E-state index is -0.906. The summed E-state index contributed by atoms with van der Waals surface area (Å²) in [5, 5.41) is 11.1. The monoisotopic (exact) mass is 538 g/mol. The maximum atomic E-state index is 13.2. The number of allylic oxidation sites excluding steroid dienone is 2. The Bertz CT molecular complexity index is 903. The summed E-state index contributed by atoms with van der Waals surface area (Å²) in [5.41, 5.74) is 0.0666. The van der Waals surface area contributed by atoms with Crippen molar-refractivity contribution in [2.75, 3.05) is 11.5 Å². The highest BCUT2D eigenvalue weighted by molar-refractivity contribution is 8.76. The van der Waals surface area contributed by atoms with Crippen LogP contribution >= 0.6 is 21.6 Å². The van der Waals surface area contributed by atoms with Gasteiger partial charge in [-0.3, -0.25) is 19.2 Å². The molecule has 2 aliphatic rings. The minimum Gasteiger partial charge on any atom is -0.489 e. The van der Waals surface area contributed by atoms with Gasteiger partial charge in [0.05, 0.1) is 12.5 Å². The first kappa shape index (κ1) is 29.8. The minimum absolute atomic E-state index is 0.0310. The van der Waals surface area contributed by atoms with Crippen LogP contribution in [0.1, 0.15) is 47.5 Å². The van der Waals surface area contributed by atoms with Crippen LogP contribution in [0.2, 0.25) is 0 Å². The zero-order valence-electron chi connectivity index (χ0n) is 21.6. The second kappa shape index (κ2) is 14.4. The molecule has 4 amide bonds. The Hall–Kier alpha value is -2.40. The van der Waals surface area contributed by atoms with Gasteiger partial charge in [0.2, 0.25) is 17.7 Å². The third-order valence-electron chi connectivity index (χ3n) is 5.72. The molecule has 4 N–H and O–H groups in total. The number of carbonyl (C=O) groups excluding carboxylic acids is 4. The van der Waals surface area contributed by atoms with E-state index in [1.54, 1.807) is 17.7 Å². The number of rotatable bonds is 2. The highest BCUT2D eigenvalue weighted by Gasteiger charge is 2.32. The molecule has 0 radical (unpaired) electrons. The zero-order valence-corrected chi connectivity index (χ0v) is 23.2. The molecule has 200 valence electrons. The molecule has 2 bridgehead atoms. The predicted molar refractivity (Wildman–Crippen MR) is 145 cm³/mol. The topological polar surface area (TPSA) is 126 Å². The molecular weight excluding hydrogens is 500 g/mol. The van der Waals surface area contributed by atoms with Crippen molar-refractivity contribution >= 4 is 45.2 Å². The van der Waals surface area contributed by atoms with Gasteiger partial charge < -0.3 is 26.0 Å². The van der Waals surface area contributed by atoms with E-state index in [1.807, 2.05) is 39.8 Å². The van der Waals surface area contributed by atoms with E-state index in [0.717, 1.165) is 12.2 Å². The van der Waals surface area contributed by atoms with Crippen LogP contribution < -0.4 is 21.3 Å². The van der Waals surface area contributed by atoms with Crippen LogP contribution in [-0.4, -0.2) is 59.4 Å². The maximum Gasteiger partial charge on any atom is 0.268 e. The largest absolute Gasteiger partial charge is 0.489 e.